The summed E-state index contributed by atoms with van der Waals surface area (Å²) in [6, 6.07) is 5.98. The molecule has 1 rings (SSSR count). The standard InChI is InChI=1S/C7H7N3O3S/c8-5-3-1-2-4-6(5)9(7(11)14)10(12)13/h1-4H,8H2,(H,11,14). The van der Waals surface area contributed by atoms with Gasteiger partial charge in [0, 0.05) is 0 Å². The van der Waals surface area contributed by atoms with Crippen LogP contribution in [-0.4, -0.2) is 10.3 Å². The second kappa shape index (κ2) is 3.97. The van der Waals surface area contributed by atoms with E-state index in [-0.39, 0.29) is 16.4 Å². The normalized spacial score (nSPS) is 9.50. The van der Waals surface area contributed by atoms with E-state index in [0.717, 1.165) is 0 Å². The molecule has 1 aromatic rings. The van der Waals surface area contributed by atoms with Crippen LogP contribution in [0.1, 0.15) is 0 Å². The second-order valence-electron chi connectivity index (χ2n) is 2.39. The highest BCUT2D eigenvalue weighted by atomic mass is 32.1. The highest BCUT2D eigenvalue weighted by molar-refractivity contribution is 7.96. The third-order valence-electron chi connectivity index (χ3n) is 1.51. The quantitative estimate of drug-likeness (QED) is 0.335. The summed E-state index contributed by atoms with van der Waals surface area (Å²) in [5, 5.41) is 8.91. The molecule has 0 aliphatic carbocycles. The lowest BCUT2D eigenvalue weighted by Crippen LogP contribution is -2.32. The molecule has 0 bridgehead atoms. The summed E-state index contributed by atoms with van der Waals surface area (Å²) < 4.78 is 0. The van der Waals surface area contributed by atoms with Gasteiger partial charge in [-0.3, -0.25) is 4.79 Å². The van der Waals surface area contributed by atoms with E-state index in [0.29, 0.717) is 0 Å². The van der Waals surface area contributed by atoms with E-state index in [9.17, 15) is 14.9 Å². The molecule has 74 valence electrons. The number of para-hydroxylation sites is 2. The number of nitrogen functional groups attached to an aromatic ring is 1. The van der Waals surface area contributed by atoms with Crippen molar-refractivity contribution in [1.29, 1.82) is 0 Å². The van der Waals surface area contributed by atoms with E-state index in [4.69, 9.17) is 5.73 Å². The Balaban J connectivity index is 3.18. The number of nitrogens with two attached hydrogens (primary N) is 1. The minimum atomic E-state index is -0.993. The van der Waals surface area contributed by atoms with Crippen LogP contribution in [-0.2, 0) is 0 Å². The first-order valence-electron chi connectivity index (χ1n) is 3.56. The van der Waals surface area contributed by atoms with Crippen LogP contribution in [0.15, 0.2) is 24.3 Å². The van der Waals surface area contributed by atoms with Crippen molar-refractivity contribution in [3.05, 3.63) is 34.4 Å². The van der Waals surface area contributed by atoms with Gasteiger partial charge in [-0.1, -0.05) is 24.8 Å². The highest BCUT2D eigenvalue weighted by Crippen LogP contribution is 2.23. The van der Waals surface area contributed by atoms with E-state index in [1.807, 2.05) is 0 Å². The number of rotatable bonds is 2. The number of thiol groups is 1. The van der Waals surface area contributed by atoms with Gasteiger partial charge in [0.2, 0.25) is 0 Å². The molecular formula is C7H7N3O3S. The van der Waals surface area contributed by atoms with Crippen molar-refractivity contribution in [2.24, 2.45) is 0 Å². The van der Waals surface area contributed by atoms with Gasteiger partial charge in [0.1, 0.15) is 5.69 Å². The first-order valence-corrected chi connectivity index (χ1v) is 4.00. The molecule has 14 heavy (non-hydrogen) atoms. The Morgan fingerprint density at radius 2 is 2.07 bits per heavy atom. The SMILES string of the molecule is Nc1ccccc1N(C(=O)S)[N+](=O)[O-]. The summed E-state index contributed by atoms with van der Waals surface area (Å²) in [6.45, 7) is 0. The molecule has 0 heterocycles. The molecule has 1 amide bonds. The minimum Gasteiger partial charge on any atom is -0.397 e. The third kappa shape index (κ3) is 1.94. The fourth-order valence-corrected chi connectivity index (χ4v) is 1.12. The zero-order chi connectivity index (χ0) is 10.7. The Morgan fingerprint density at radius 3 is 2.50 bits per heavy atom. The van der Waals surface area contributed by atoms with Crippen LogP contribution >= 0.6 is 12.6 Å². The van der Waals surface area contributed by atoms with Gasteiger partial charge < -0.3 is 5.73 Å². The molecule has 0 fully saturated rings. The number of carbonyl (C=O) groups excluding carboxylic acids is 1. The average Bonchev–Trinajstić information content (AvgIpc) is 2.07. The molecule has 0 aliphatic rings. The molecule has 0 unspecified atom stereocenters. The number of hydrogen-bond donors (Lipinski definition) is 2. The Labute approximate surface area is 84.8 Å². The maximum atomic E-state index is 10.8. The summed E-state index contributed by atoms with van der Waals surface area (Å²) in [4.78, 5) is 21.3. The molecule has 6 nitrogen and oxygen atoms in total. The molecule has 2 N–H and O–H groups in total. The van der Waals surface area contributed by atoms with Crippen molar-refractivity contribution >= 4 is 29.2 Å². The predicted molar refractivity (Wildman–Crippen MR) is 54.7 cm³/mol. The van der Waals surface area contributed by atoms with Crippen LogP contribution in [0.5, 0.6) is 0 Å². The Bertz CT molecular complexity index is 368. The van der Waals surface area contributed by atoms with Crippen LogP contribution in [0.25, 0.3) is 0 Å². The molecule has 0 aromatic heterocycles. The lowest BCUT2D eigenvalue weighted by molar-refractivity contribution is -0.480. The molecule has 7 heteroatoms. The second-order valence-corrected chi connectivity index (χ2v) is 2.77. The Morgan fingerprint density at radius 1 is 1.50 bits per heavy atom. The van der Waals surface area contributed by atoms with Crippen molar-refractivity contribution in [3.8, 4) is 0 Å². The molecule has 0 atom stereocenters. The molecule has 0 saturated heterocycles. The van der Waals surface area contributed by atoms with E-state index in [1.54, 1.807) is 12.1 Å². The van der Waals surface area contributed by atoms with Crippen molar-refractivity contribution in [2.45, 2.75) is 0 Å². The monoisotopic (exact) mass is 213 g/mol. The molecular weight excluding hydrogens is 206 g/mol. The van der Waals surface area contributed by atoms with Gasteiger partial charge in [0.25, 0.3) is 0 Å². The highest BCUT2D eigenvalue weighted by Gasteiger charge is 2.25. The number of carbonyl (C=O) groups is 1. The summed E-state index contributed by atoms with van der Waals surface area (Å²) in [7, 11) is 0. The molecule has 0 saturated carbocycles. The number of hydrazine groups is 1. The molecule has 0 spiro atoms. The van der Waals surface area contributed by atoms with Crippen LogP contribution in [0.3, 0.4) is 0 Å². The lowest BCUT2D eigenvalue weighted by atomic mass is 10.3. The van der Waals surface area contributed by atoms with Gasteiger partial charge in [-0.25, -0.2) is 10.1 Å². The van der Waals surface area contributed by atoms with Gasteiger partial charge >= 0.3 is 5.24 Å². The maximum absolute atomic E-state index is 10.8. The number of benzene rings is 1. The first kappa shape index (κ1) is 10.3. The van der Waals surface area contributed by atoms with E-state index >= 15 is 0 Å². The maximum Gasteiger partial charge on any atom is 0.343 e. The number of amides is 1. The number of nitrogens with zero attached hydrogens (tertiary/aromatic N) is 2. The van der Waals surface area contributed by atoms with Gasteiger partial charge in [-0.15, -0.1) is 0 Å². The first-order chi connectivity index (χ1) is 6.54. The minimum absolute atomic E-state index is 0.0116. The average molecular weight is 213 g/mol. The zero-order valence-electron chi connectivity index (χ0n) is 6.95. The van der Waals surface area contributed by atoms with Crippen molar-refractivity contribution in [1.82, 2.24) is 0 Å². The molecule has 0 aliphatic heterocycles. The molecule has 0 radical (unpaired) electrons. The van der Waals surface area contributed by atoms with Crippen molar-refractivity contribution < 1.29 is 9.83 Å². The summed E-state index contributed by atoms with van der Waals surface area (Å²) >= 11 is 3.38. The van der Waals surface area contributed by atoms with Crippen LogP contribution in [0.2, 0.25) is 0 Å². The van der Waals surface area contributed by atoms with Gasteiger partial charge in [0.05, 0.1) is 5.69 Å². The number of anilines is 2. The molecule has 1 aromatic carbocycles. The summed E-state index contributed by atoms with van der Waals surface area (Å²) in [5.41, 5.74) is 5.62. The van der Waals surface area contributed by atoms with E-state index in [2.05, 4.69) is 12.6 Å². The smallest absolute Gasteiger partial charge is 0.343 e. The fraction of sp³-hybridized carbons (Fsp3) is 0. The van der Waals surface area contributed by atoms with Crippen molar-refractivity contribution in [2.75, 3.05) is 10.7 Å². The number of hydrogen-bond acceptors (Lipinski definition) is 4. The summed E-state index contributed by atoms with van der Waals surface area (Å²) in [6.07, 6.45) is 0. The number of nitro groups is 1. The van der Waals surface area contributed by atoms with Gasteiger partial charge in [0.15, 0.2) is 5.03 Å². The topological polar surface area (TPSA) is 89.5 Å². The van der Waals surface area contributed by atoms with Gasteiger partial charge in [-0.05, 0) is 17.1 Å². The van der Waals surface area contributed by atoms with E-state index in [1.165, 1.54) is 12.1 Å². The van der Waals surface area contributed by atoms with Crippen LogP contribution in [0, 0.1) is 10.1 Å². The summed E-state index contributed by atoms with van der Waals surface area (Å²) in [5.74, 6) is 0. The Kier molecular flexibility index (Phi) is 2.92. The Hall–Kier alpha value is -1.76. The lowest BCUT2D eigenvalue weighted by Gasteiger charge is -2.10. The van der Waals surface area contributed by atoms with Crippen LogP contribution in [0.4, 0.5) is 16.2 Å². The zero-order valence-corrected chi connectivity index (χ0v) is 7.85. The predicted octanol–water partition coefficient (Wildman–Crippen LogP) is 1.32. The van der Waals surface area contributed by atoms with Crippen molar-refractivity contribution in [3.63, 3.8) is 0 Å². The van der Waals surface area contributed by atoms with Crippen LogP contribution < -0.4 is 10.7 Å². The van der Waals surface area contributed by atoms with Gasteiger partial charge in [-0.2, -0.15) is 0 Å². The largest absolute Gasteiger partial charge is 0.397 e. The third-order valence-corrected chi connectivity index (χ3v) is 1.70. The van der Waals surface area contributed by atoms with E-state index < -0.39 is 10.3 Å². The fourth-order valence-electron chi connectivity index (χ4n) is 0.941.